The van der Waals surface area contributed by atoms with E-state index < -0.39 is 21.7 Å². The summed E-state index contributed by atoms with van der Waals surface area (Å²) in [5.41, 5.74) is 1.49. The summed E-state index contributed by atoms with van der Waals surface area (Å²) in [6, 6.07) is 7.01. The predicted octanol–water partition coefficient (Wildman–Crippen LogP) is 1.97. The second-order valence-corrected chi connectivity index (χ2v) is 6.35. The lowest BCUT2D eigenvalue weighted by atomic mass is 10.1. The van der Waals surface area contributed by atoms with Crippen molar-refractivity contribution in [3.8, 4) is 0 Å². The van der Waals surface area contributed by atoms with Crippen molar-refractivity contribution in [1.29, 1.82) is 0 Å². The number of aliphatic carboxylic acids is 1. The van der Waals surface area contributed by atoms with Gasteiger partial charge in [0.2, 0.25) is 0 Å². The minimum Gasteiger partial charge on any atom is -0.481 e. The minimum absolute atomic E-state index is 0.147. The summed E-state index contributed by atoms with van der Waals surface area (Å²) in [6.07, 6.45) is 1.63. The molecule has 0 saturated carbocycles. The Morgan fingerprint density at radius 1 is 1.50 bits per heavy atom. The quantitative estimate of drug-likeness (QED) is 0.856. The van der Waals surface area contributed by atoms with E-state index in [-0.39, 0.29) is 11.5 Å². The van der Waals surface area contributed by atoms with Gasteiger partial charge in [0.15, 0.2) is 9.84 Å². The average Bonchev–Trinajstić information content (AvgIpc) is 2.27. The van der Waals surface area contributed by atoms with Gasteiger partial charge in [0.05, 0.1) is 17.4 Å². The third-order valence-corrected chi connectivity index (χ3v) is 4.28. The molecule has 1 aromatic rings. The van der Waals surface area contributed by atoms with Crippen LogP contribution in [-0.2, 0) is 20.4 Å². The molecule has 0 heterocycles. The van der Waals surface area contributed by atoms with Crippen molar-refractivity contribution in [3.05, 3.63) is 42.0 Å². The van der Waals surface area contributed by atoms with Crippen LogP contribution in [0.2, 0.25) is 0 Å². The van der Waals surface area contributed by atoms with E-state index in [0.29, 0.717) is 5.56 Å². The number of hydrogen-bond acceptors (Lipinski definition) is 3. The lowest BCUT2D eigenvalue weighted by Crippen LogP contribution is -2.22. The Bertz CT molecular complexity index is 546. The van der Waals surface area contributed by atoms with Gasteiger partial charge in [-0.3, -0.25) is 4.79 Å². The first-order valence-electron chi connectivity index (χ1n) is 5.48. The first-order chi connectivity index (χ1) is 8.34. The van der Waals surface area contributed by atoms with E-state index in [0.717, 1.165) is 5.56 Å². The van der Waals surface area contributed by atoms with Crippen molar-refractivity contribution < 1.29 is 18.3 Å². The summed E-state index contributed by atoms with van der Waals surface area (Å²) >= 11 is 0. The second-order valence-electron chi connectivity index (χ2n) is 4.24. The van der Waals surface area contributed by atoms with Gasteiger partial charge in [-0.25, -0.2) is 8.42 Å². The molecule has 0 spiro atoms. The van der Waals surface area contributed by atoms with Crippen molar-refractivity contribution >= 4 is 21.9 Å². The lowest BCUT2D eigenvalue weighted by molar-refractivity contribution is -0.140. The largest absolute Gasteiger partial charge is 0.481 e. The smallest absolute Gasteiger partial charge is 0.307 e. The van der Waals surface area contributed by atoms with Crippen LogP contribution in [0.5, 0.6) is 0 Å². The van der Waals surface area contributed by atoms with Crippen LogP contribution in [0.15, 0.2) is 30.8 Å². The fourth-order valence-electron chi connectivity index (χ4n) is 1.57. The van der Waals surface area contributed by atoms with Crippen LogP contribution in [0.4, 0.5) is 0 Å². The highest BCUT2D eigenvalue weighted by molar-refractivity contribution is 7.90. The molecule has 1 unspecified atom stereocenters. The molecule has 1 rings (SSSR count). The summed E-state index contributed by atoms with van der Waals surface area (Å²) in [5, 5.41) is 8.72. The number of carbonyl (C=O) groups is 1. The third-order valence-electron chi connectivity index (χ3n) is 2.50. The van der Waals surface area contributed by atoms with E-state index in [1.807, 2.05) is 6.07 Å². The summed E-state index contributed by atoms with van der Waals surface area (Å²) in [7, 11) is -3.42. The SMILES string of the molecule is C=Cc1cccc(CS(=O)(=O)CC(C)C(=O)O)c1. The van der Waals surface area contributed by atoms with Crippen molar-refractivity contribution in [2.45, 2.75) is 12.7 Å². The molecule has 0 fully saturated rings. The number of carboxylic acid groups (broad SMARTS) is 1. The standard InChI is InChI=1S/C13H16O4S/c1-3-11-5-4-6-12(7-11)9-18(16,17)8-10(2)13(14)15/h3-7,10H,1,8-9H2,2H3,(H,14,15). The summed E-state index contributed by atoms with van der Waals surface area (Å²) in [4.78, 5) is 10.7. The molecule has 5 heteroatoms. The van der Waals surface area contributed by atoms with E-state index in [2.05, 4.69) is 6.58 Å². The Morgan fingerprint density at radius 3 is 2.72 bits per heavy atom. The van der Waals surface area contributed by atoms with Gasteiger partial charge < -0.3 is 5.11 Å². The van der Waals surface area contributed by atoms with Crippen molar-refractivity contribution in [2.75, 3.05) is 5.75 Å². The Kier molecular flexibility index (Phi) is 4.67. The molecule has 0 radical (unpaired) electrons. The highest BCUT2D eigenvalue weighted by Crippen LogP contribution is 2.13. The number of carboxylic acids is 1. The molecule has 1 N–H and O–H groups in total. The normalized spacial score (nSPS) is 12.9. The number of rotatable bonds is 6. The van der Waals surface area contributed by atoms with Crippen LogP contribution in [0, 0.1) is 5.92 Å². The second kappa shape index (κ2) is 5.82. The van der Waals surface area contributed by atoms with E-state index in [1.54, 1.807) is 24.3 Å². The monoisotopic (exact) mass is 268 g/mol. The van der Waals surface area contributed by atoms with Crippen LogP contribution in [0.25, 0.3) is 6.08 Å². The molecule has 0 aliphatic heterocycles. The summed E-state index contributed by atoms with van der Waals surface area (Å²) in [5.74, 6) is -2.48. The fraction of sp³-hybridized carbons (Fsp3) is 0.308. The Morgan fingerprint density at radius 2 is 2.17 bits per heavy atom. The van der Waals surface area contributed by atoms with E-state index in [1.165, 1.54) is 6.92 Å². The van der Waals surface area contributed by atoms with Gasteiger partial charge in [-0.05, 0) is 11.1 Å². The van der Waals surface area contributed by atoms with Gasteiger partial charge >= 0.3 is 5.97 Å². The zero-order chi connectivity index (χ0) is 13.8. The molecule has 4 nitrogen and oxygen atoms in total. The fourth-order valence-corrected chi connectivity index (χ4v) is 3.28. The van der Waals surface area contributed by atoms with Crippen molar-refractivity contribution in [3.63, 3.8) is 0 Å². The number of hydrogen-bond donors (Lipinski definition) is 1. The van der Waals surface area contributed by atoms with Gasteiger partial charge in [0, 0.05) is 0 Å². The molecule has 0 aromatic heterocycles. The molecule has 0 amide bonds. The Balaban J connectivity index is 2.82. The van der Waals surface area contributed by atoms with Crippen LogP contribution >= 0.6 is 0 Å². The van der Waals surface area contributed by atoms with Gasteiger partial charge in [0.25, 0.3) is 0 Å². The molecule has 1 aromatic carbocycles. The molecule has 1 atom stereocenters. The average molecular weight is 268 g/mol. The maximum absolute atomic E-state index is 11.8. The van der Waals surface area contributed by atoms with Crippen molar-refractivity contribution in [1.82, 2.24) is 0 Å². The first kappa shape index (κ1) is 14.4. The molecule has 0 saturated heterocycles. The lowest BCUT2D eigenvalue weighted by Gasteiger charge is -2.08. The van der Waals surface area contributed by atoms with Gasteiger partial charge in [-0.15, -0.1) is 0 Å². The Labute approximate surface area is 107 Å². The van der Waals surface area contributed by atoms with Crippen LogP contribution < -0.4 is 0 Å². The van der Waals surface area contributed by atoms with E-state index in [4.69, 9.17) is 5.11 Å². The highest BCUT2D eigenvalue weighted by Gasteiger charge is 2.21. The zero-order valence-electron chi connectivity index (χ0n) is 10.2. The molecule has 0 bridgehead atoms. The molecular weight excluding hydrogens is 252 g/mol. The molecule has 0 aliphatic carbocycles. The topological polar surface area (TPSA) is 71.4 Å². The predicted molar refractivity (Wildman–Crippen MR) is 70.8 cm³/mol. The molecular formula is C13H16O4S. The van der Waals surface area contributed by atoms with E-state index in [9.17, 15) is 13.2 Å². The molecule has 0 aliphatic rings. The van der Waals surface area contributed by atoms with Gasteiger partial charge in [-0.1, -0.05) is 43.8 Å². The first-order valence-corrected chi connectivity index (χ1v) is 7.31. The highest BCUT2D eigenvalue weighted by atomic mass is 32.2. The maximum Gasteiger partial charge on any atom is 0.307 e. The van der Waals surface area contributed by atoms with Gasteiger partial charge in [-0.2, -0.15) is 0 Å². The van der Waals surface area contributed by atoms with Crippen LogP contribution in [-0.4, -0.2) is 25.2 Å². The van der Waals surface area contributed by atoms with Crippen molar-refractivity contribution in [2.24, 2.45) is 5.92 Å². The molecule has 18 heavy (non-hydrogen) atoms. The number of benzene rings is 1. The third kappa shape index (κ3) is 4.33. The van der Waals surface area contributed by atoms with E-state index >= 15 is 0 Å². The minimum atomic E-state index is -3.42. The van der Waals surface area contributed by atoms with Gasteiger partial charge in [0.1, 0.15) is 0 Å². The van der Waals surface area contributed by atoms with Crippen LogP contribution in [0.1, 0.15) is 18.1 Å². The number of sulfone groups is 1. The maximum atomic E-state index is 11.8. The summed E-state index contributed by atoms with van der Waals surface area (Å²) in [6.45, 7) is 5.00. The Hall–Kier alpha value is -1.62. The zero-order valence-corrected chi connectivity index (χ0v) is 11.0. The van der Waals surface area contributed by atoms with Crippen LogP contribution in [0.3, 0.4) is 0 Å². The summed E-state index contributed by atoms with van der Waals surface area (Å²) < 4.78 is 23.7. The molecule has 98 valence electrons.